The molecule has 1 saturated carbocycles. The maximum Gasteiger partial charge on any atom is 0.261 e. The number of nitrogens with one attached hydrogen (secondary N) is 1. The first-order valence-electron chi connectivity index (χ1n) is 5.84. The molecule has 4 nitrogen and oxygen atoms in total. The highest BCUT2D eigenvalue weighted by Crippen LogP contribution is 2.37. The molecule has 0 aromatic heterocycles. The van der Waals surface area contributed by atoms with Crippen molar-refractivity contribution in [3.05, 3.63) is 24.0 Å². The van der Waals surface area contributed by atoms with E-state index in [0.717, 1.165) is 25.0 Å². The average molecular weight is 306 g/mol. The Morgan fingerprint density at radius 1 is 1.47 bits per heavy atom. The second-order valence-electron chi connectivity index (χ2n) is 4.69. The molecule has 0 aliphatic heterocycles. The molecule has 19 heavy (non-hydrogen) atoms. The molecule has 0 radical (unpaired) electrons. The summed E-state index contributed by atoms with van der Waals surface area (Å²) in [6, 6.07) is 3.14. The van der Waals surface area contributed by atoms with E-state index in [2.05, 4.69) is 5.32 Å². The number of halogens is 2. The topological polar surface area (TPSA) is 63.2 Å². The van der Waals surface area contributed by atoms with E-state index in [1.807, 2.05) is 0 Å². The summed E-state index contributed by atoms with van der Waals surface area (Å²) >= 11 is 0. The van der Waals surface area contributed by atoms with Crippen LogP contribution in [0.4, 0.5) is 10.1 Å². The predicted molar refractivity (Wildman–Crippen MR) is 70.0 cm³/mol. The van der Waals surface area contributed by atoms with Crippen LogP contribution in [0.5, 0.6) is 0 Å². The van der Waals surface area contributed by atoms with Gasteiger partial charge in [-0.3, -0.25) is 4.79 Å². The molecule has 1 aliphatic carbocycles. The minimum Gasteiger partial charge on any atom is -0.323 e. The Morgan fingerprint density at radius 3 is 2.58 bits per heavy atom. The lowest BCUT2D eigenvalue weighted by molar-refractivity contribution is -0.119. The number of rotatable bonds is 4. The number of amides is 1. The van der Waals surface area contributed by atoms with Gasteiger partial charge in [0.1, 0.15) is 5.82 Å². The fraction of sp³-hybridized carbons (Fsp3) is 0.417. The Labute approximate surface area is 115 Å². The van der Waals surface area contributed by atoms with Crippen LogP contribution >= 0.6 is 10.7 Å². The minimum atomic E-state index is -3.97. The molecule has 1 atom stereocenters. The molecule has 1 unspecified atom stereocenters. The van der Waals surface area contributed by atoms with Crippen LogP contribution in [0.3, 0.4) is 0 Å². The van der Waals surface area contributed by atoms with E-state index in [0.29, 0.717) is 5.92 Å². The van der Waals surface area contributed by atoms with Crippen molar-refractivity contribution < 1.29 is 17.6 Å². The molecule has 1 aromatic carbocycles. The van der Waals surface area contributed by atoms with Crippen LogP contribution in [0.2, 0.25) is 0 Å². The van der Waals surface area contributed by atoms with Crippen LogP contribution in [0.15, 0.2) is 23.1 Å². The van der Waals surface area contributed by atoms with Crippen LogP contribution in [0.25, 0.3) is 0 Å². The standard InChI is InChI=1S/C12H13ClFNO3S/c1-7(8-2-3-8)12(16)15-11-5-4-9(6-10(11)14)19(13,17)18/h4-8H,2-3H2,1H3,(H,15,16). The number of carbonyl (C=O) groups excluding carboxylic acids is 1. The molecule has 0 spiro atoms. The molecular formula is C12H13ClFNO3S. The zero-order valence-corrected chi connectivity index (χ0v) is 11.8. The first-order chi connectivity index (χ1) is 8.79. The average Bonchev–Trinajstić information content (AvgIpc) is 3.13. The lowest BCUT2D eigenvalue weighted by Crippen LogP contribution is -2.22. The monoisotopic (exact) mass is 305 g/mol. The molecule has 2 rings (SSSR count). The predicted octanol–water partition coefficient (Wildman–Crippen LogP) is 2.74. The maximum absolute atomic E-state index is 13.7. The van der Waals surface area contributed by atoms with Crippen LogP contribution < -0.4 is 5.32 Å². The van der Waals surface area contributed by atoms with Gasteiger partial charge in [0.2, 0.25) is 5.91 Å². The van der Waals surface area contributed by atoms with Gasteiger partial charge in [0.05, 0.1) is 10.6 Å². The third-order valence-corrected chi connectivity index (χ3v) is 4.57. The van der Waals surface area contributed by atoms with Crippen molar-refractivity contribution in [1.29, 1.82) is 0 Å². The molecule has 1 aromatic rings. The highest BCUT2D eigenvalue weighted by molar-refractivity contribution is 8.13. The van der Waals surface area contributed by atoms with Gasteiger partial charge in [-0.1, -0.05) is 6.92 Å². The summed E-state index contributed by atoms with van der Waals surface area (Å²) < 4.78 is 35.8. The van der Waals surface area contributed by atoms with Gasteiger partial charge in [-0.15, -0.1) is 0 Å². The van der Waals surface area contributed by atoms with E-state index >= 15 is 0 Å². The van der Waals surface area contributed by atoms with E-state index < -0.39 is 14.9 Å². The minimum absolute atomic E-state index is 0.0402. The summed E-state index contributed by atoms with van der Waals surface area (Å²) in [5.41, 5.74) is -0.0402. The quantitative estimate of drug-likeness (QED) is 0.870. The highest BCUT2D eigenvalue weighted by atomic mass is 35.7. The maximum atomic E-state index is 13.7. The van der Waals surface area contributed by atoms with Gasteiger partial charge in [-0.25, -0.2) is 12.8 Å². The van der Waals surface area contributed by atoms with Gasteiger partial charge in [0, 0.05) is 16.6 Å². The molecular weight excluding hydrogens is 293 g/mol. The number of anilines is 1. The molecule has 104 valence electrons. The second kappa shape index (κ2) is 5.09. The van der Waals surface area contributed by atoms with Gasteiger partial charge in [-0.05, 0) is 37.0 Å². The van der Waals surface area contributed by atoms with E-state index in [9.17, 15) is 17.6 Å². The number of benzene rings is 1. The second-order valence-corrected chi connectivity index (χ2v) is 7.26. The molecule has 1 fully saturated rings. The van der Waals surface area contributed by atoms with Crippen molar-refractivity contribution in [1.82, 2.24) is 0 Å². The Balaban J connectivity index is 2.15. The van der Waals surface area contributed by atoms with Crippen molar-refractivity contribution >= 4 is 31.3 Å². The van der Waals surface area contributed by atoms with Gasteiger partial charge < -0.3 is 5.32 Å². The van der Waals surface area contributed by atoms with Crippen molar-refractivity contribution in [2.45, 2.75) is 24.7 Å². The van der Waals surface area contributed by atoms with E-state index in [4.69, 9.17) is 10.7 Å². The molecule has 0 heterocycles. The van der Waals surface area contributed by atoms with E-state index in [1.165, 1.54) is 6.07 Å². The van der Waals surface area contributed by atoms with Crippen LogP contribution in [0, 0.1) is 17.7 Å². The Morgan fingerprint density at radius 2 is 2.11 bits per heavy atom. The van der Waals surface area contributed by atoms with Crippen molar-refractivity contribution in [2.75, 3.05) is 5.32 Å². The molecule has 7 heteroatoms. The summed E-state index contributed by atoms with van der Waals surface area (Å²) in [6.45, 7) is 1.79. The zero-order chi connectivity index (χ0) is 14.2. The summed E-state index contributed by atoms with van der Waals surface area (Å²) in [5.74, 6) is -0.887. The highest BCUT2D eigenvalue weighted by Gasteiger charge is 2.32. The van der Waals surface area contributed by atoms with Crippen LogP contribution in [-0.2, 0) is 13.8 Å². The number of carbonyl (C=O) groups is 1. The lowest BCUT2D eigenvalue weighted by Gasteiger charge is -2.12. The zero-order valence-electron chi connectivity index (χ0n) is 10.2. The summed E-state index contributed by atoms with van der Waals surface area (Å²) in [5, 5.41) is 2.46. The molecule has 0 bridgehead atoms. The fourth-order valence-corrected chi connectivity index (χ4v) is 2.57. The lowest BCUT2D eigenvalue weighted by atomic mass is 10.1. The van der Waals surface area contributed by atoms with Crippen LogP contribution in [0.1, 0.15) is 19.8 Å². The number of hydrogen-bond donors (Lipinski definition) is 1. The van der Waals surface area contributed by atoms with Crippen molar-refractivity contribution in [2.24, 2.45) is 11.8 Å². The molecule has 1 N–H and O–H groups in total. The summed E-state index contributed by atoms with van der Waals surface area (Å²) in [6.07, 6.45) is 2.03. The SMILES string of the molecule is CC(C(=O)Nc1ccc(S(=O)(=O)Cl)cc1F)C1CC1. The Kier molecular flexibility index (Phi) is 3.82. The van der Waals surface area contributed by atoms with E-state index in [-0.39, 0.29) is 22.4 Å². The van der Waals surface area contributed by atoms with Gasteiger partial charge >= 0.3 is 0 Å². The number of hydrogen-bond acceptors (Lipinski definition) is 3. The third kappa shape index (κ3) is 3.45. The van der Waals surface area contributed by atoms with Gasteiger partial charge in [0.25, 0.3) is 9.05 Å². The first-order valence-corrected chi connectivity index (χ1v) is 8.15. The van der Waals surface area contributed by atoms with Gasteiger partial charge in [0.15, 0.2) is 0 Å². The molecule has 0 saturated heterocycles. The Hall–Kier alpha value is -1.14. The Bertz CT molecular complexity index is 613. The van der Waals surface area contributed by atoms with Crippen LogP contribution in [-0.4, -0.2) is 14.3 Å². The summed E-state index contributed by atoms with van der Waals surface area (Å²) in [4.78, 5) is 11.5. The molecule has 1 aliphatic rings. The first kappa shape index (κ1) is 14.3. The van der Waals surface area contributed by atoms with Gasteiger partial charge in [-0.2, -0.15) is 0 Å². The fourth-order valence-electron chi connectivity index (χ4n) is 1.81. The van der Waals surface area contributed by atoms with Crippen molar-refractivity contribution in [3.63, 3.8) is 0 Å². The molecule has 1 amide bonds. The largest absolute Gasteiger partial charge is 0.323 e. The smallest absolute Gasteiger partial charge is 0.261 e. The summed E-state index contributed by atoms with van der Waals surface area (Å²) in [7, 11) is 1.14. The van der Waals surface area contributed by atoms with Crippen molar-refractivity contribution in [3.8, 4) is 0 Å². The normalized spacial score (nSPS) is 17.0. The third-order valence-electron chi connectivity index (χ3n) is 3.22. The van der Waals surface area contributed by atoms with E-state index in [1.54, 1.807) is 6.92 Å².